The van der Waals surface area contributed by atoms with Crippen LogP contribution in [0.15, 0.2) is 0 Å². The molecule has 0 saturated carbocycles. The van der Waals surface area contributed by atoms with E-state index in [2.05, 4.69) is 0 Å². The molecule has 0 aromatic rings. The van der Waals surface area contributed by atoms with Crippen molar-refractivity contribution in [3.63, 3.8) is 0 Å². The first-order chi connectivity index (χ1) is 7.18. The monoisotopic (exact) mass is 215 g/mol. The Labute approximate surface area is 86.7 Å². The number of carbonyl (C=O) groups excluding carboxylic acids is 1. The smallest absolute Gasteiger partial charge is 0.332 e. The SMILES string of the molecule is O=C(O)C1CCC(C(=O)N2CCCO2)O1. The van der Waals surface area contributed by atoms with Gasteiger partial charge in [-0.2, -0.15) is 0 Å². The number of rotatable bonds is 2. The lowest BCUT2D eigenvalue weighted by Gasteiger charge is -2.18. The van der Waals surface area contributed by atoms with Gasteiger partial charge in [0.25, 0.3) is 5.91 Å². The Bertz CT molecular complexity index is 274. The topological polar surface area (TPSA) is 76.1 Å². The molecule has 1 N–H and O–H groups in total. The number of hydrogen-bond donors (Lipinski definition) is 1. The molecule has 2 unspecified atom stereocenters. The number of carbonyl (C=O) groups is 2. The van der Waals surface area contributed by atoms with E-state index >= 15 is 0 Å². The summed E-state index contributed by atoms with van der Waals surface area (Å²) in [4.78, 5) is 27.4. The van der Waals surface area contributed by atoms with Crippen LogP contribution in [0.5, 0.6) is 0 Å². The number of amides is 1. The number of aliphatic carboxylic acids is 1. The summed E-state index contributed by atoms with van der Waals surface area (Å²) in [5, 5.41) is 9.97. The zero-order chi connectivity index (χ0) is 10.8. The molecular formula is C9H13NO5. The van der Waals surface area contributed by atoms with Gasteiger partial charge in [0.1, 0.15) is 6.10 Å². The summed E-state index contributed by atoms with van der Waals surface area (Å²) in [5.41, 5.74) is 0. The van der Waals surface area contributed by atoms with E-state index in [4.69, 9.17) is 14.7 Å². The molecule has 1 amide bonds. The molecule has 84 valence electrons. The molecule has 6 nitrogen and oxygen atoms in total. The highest BCUT2D eigenvalue weighted by Crippen LogP contribution is 2.22. The van der Waals surface area contributed by atoms with Gasteiger partial charge in [-0.1, -0.05) is 0 Å². The second-order valence-electron chi connectivity index (χ2n) is 3.66. The lowest BCUT2D eigenvalue weighted by atomic mass is 10.2. The molecule has 2 fully saturated rings. The molecular weight excluding hydrogens is 202 g/mol. The van der Waals surface area contributed by atoms with Gasteiger partial charge >= 0.3 is 5.97 Å². The standard InChI is InChI=1S/C9H13NO5/c11-8(10-4-1-5-14-10)6-2-3-7(15-6)9(12)13/h6-7H,1-5H2,(H,12,13). The van der Waals surface area contributed by atoms with Crippen LogP contribution in [0.4, 0.5) is 0 Å². The first-order valence-corrected chi connectivity index (χ1v) is 5.01. The minimum absolute atomic E-state index is 0.253. The maximum Gasteiger partial charge on any atom is 0.332 e. The third-order valence-corrected chi connectivity index (χ3v) is 2.57. The molecule has 2 aliphatic heterocycles. The van der Waals surface area contributed by atoms with Gasteiger partial charge in [0.2, 0.25) is 0 Å². The molecule has 15 heavy (non-hydrogen) atoms. The maximum absolute atomic E-state index is 11.7. The van der Waals surface area contributed by atoms with Crippen LogP contribution in [-0.4, -0.2) is 47.4 Å². The molecule has 0 aromatic heterocycles. The van der Waals surface area contributed by atoms with Gasteiger partial charge in [0.15, 0.2) is 6.10 Å². The summed E-state index contributed by atoms with van der Waals surface area (Å²) in [7, 11) is 0. The summed E-state index contributed by atoms with van der Waals surface area (Å²) in [5.74, 6) is -1.26. The molecule has 0 aromatic carbocycles. The predicted molar refractivity (Wildman–Crippen MR) is 47.8 cm³/mol. The van der Waals surface area contributed by atoms with E-state index in [1.54, 1.807) is 0 Å². The minimum atomic E-state index is -1.01. The van der Waals surface area contributed by atoms with E-state index in [9.17, 15) is 9.59 Å². The molecule has 0 bridgehead atoms. The molecule has 0 radical (unpaired) electrons. The van der Waals surface area contributed by atoms with E-state index in [-0.39, 0.29) is 5.91 Å². The first-order valence-electron chi connectivity index (χ1n) is 5.01. The normalized spacial score (nSPS) is 30.8. The van der Waals surface area contributed by atoms with Gasteiger partial charge in [-0.25, -0.2) is 9.86 Å². The number of carboxylic acids is 1. The average Bonchev–Trinajstić information content (AvgIpc) is 2.88. The van der Waals surface area contributed by atoms with Crippen molar-refractivity contribution in [1.29, 1.82) is 0 Å². The highest BCUT2D eigenvalue weighted by atomic mass is 16.7. The summed E-state index contributed by atoms with van der Waals surface area (Å²) >= 11 is 0. The van der Waals surface area contributed by atoms with Crippen LogP contribution in [0.1, 0.15) is 19.3 Å². The third-order valence-electron chi connectivity index (χ3n) is 2.57. The highest BCUT2D eigenvalue weighted by Gasteiger charge is 2.37. The fourth-order valence-electron chi connectivity index (χ4n) is 1.78. The zero-order valence-corrected chi connectivity index (χ0v) is 8.22. The fourth-order valence-corrected chi connectivity index (χ4v) is 1.78. The fraction of sp³-hybridized carbons (Fsp3) is 0.778. The Kier molecular flexibility index (Phi) is 2.88. The second kappa shape index (κ2) is 4.16. The first kappa shape index (κ1) is 10.4. The molecule has 6 heteroatoms. The van der Waals surface area contributed by atoms with E-state index < -0.39 is 18.2 Å². The van der Waals surface area contributed by atoms with Gasteiger partial charge in [0.05, 0.1) is 13.2 Å². The predicted octanol–water partition coefficient (Wildman–Crippen LogP) is -0.218. The van der Waals surface area contributed by atoms with Crippen LogP contribution >= 0.6 is 0 Å². The average molecular weight is 215 g/mol. The zero-order valence-electron chi connectivity index (χ0n) is 8.22. The van der Waals surface area contributed by atoms with E-state index in [0.717, 1.165) is 6.42 Å². The summed E-state index contributed by atoms with van der Waals surface area (Å²) in [6.45, 7) is 1.11. The lowest BCUT2D eigenvalue weighted by Crippen LogP contribution is -2.37. The summed E-state index contributed by atoms with van der Waals surface area (Å²) < 4.78 is 5.13. The van der Waals surface area contributed by atoms with Crippen LogP contribution in [0.25, 0.3) is 0 Å². The highest BCUT2D eigenvalue weighted by molar-refractivity contribution is 5.82. The van der Waals surface area contributed by atoms with Crippen molar-refractivity contribution in [2.45, 2.75) is 31.5 Å². The summed E-state index contributed by atoms with van der Waals surface area (Å²) in [6, 6.07) is 0. The number of hydroxylamine groups is 2. The second-order valence-corrected chi connectivity index (χ2v) is 3.66. The summed E-state index contributed by atoms with van der Waals surface area (Å²) in [6.07, 6.45) is 0.168. The van der Waals surface area contributed by atoms with Crippen LogP contribution < -0.4 is 0 Å². The van der Waals surface area contributed by atoms with Crippen LogP contribution in [0.2, 0.25) is 0 Å². The number of carboxylic acid groups (broad SMARTS) is 1. The van der Waals surface area contributed by atoms with Crippen molar-refractivity contribution in [3.8, 4) is 0 Å². The van der Waals surface area contributed by atoms with Gasteiger partial charge in [-0.3, -0.25) is 9.63 Å². The van der Waals surface area contributed by atoms with Gasteiger partial charge in [0, 0.05) is 0 Å². The van der Waals surface area contributed by atoms with Gasteiger partial charge in [-0.05, 0) is 19.3 Å². The van der Waals surface area contributed by atoms with E-state index in [1.165, 1.54) is 5.06 Å². The molecule has 0 spiro atoms. The molecule has 2 atom stereocenters. The number of nitrogens with zero attached hydrogens (tertiary/aromatic N) is 1. The van der Waals surface area contributed by atoms with Crippen LogP contribution in [0, 0.1) is 0 Å². The Morgan fingerprint density at radius 3 is 2.53 bits per heavy atom. The van der Waals surface area contributed by atoms with Crippen molar-refractivity contribution in [2.24, 2.45) is 0 Å². The van der Waals surface area contributed by atoms with E-state index in [1.807, 2.05) is 0 Å². The molecule has 2 saturated heterocycles. The van der Waals surface area contributed by atoms with Crippen molar-refractivity contribution in [2.75, 3.05) is 13.2 Å². The molecule has 2 rings (SSSR count). The molecule has 2 aliphatic rings. The van der Waals surface area contributed by atoms with Crippen molar-refractivity contribution in [3.05, 3.63) is 0 Å². The third kappa shape index (κ3) is 2.10. The van der Waals surface area contributed by atoms with Crippen LogP contribution in [-0.2, 0) is 19.2 Å². The Hall–Kier alpha value is -1.14. The van der Waals surface area contributed by atoms with E-state index in [0.29, 0.717) is 26.0 Å². The largest absolute Gasteiger partial charge is 0.479 e. The van der Waals surface area contributed by atoms with Gasteiger partial charge in [-0.15, -0.1) is 0 Å². The molecule has 0 aliphatic carbocycles. The quantitative estimate of drug-likeness (QED) is 0.689. The molecule has 2 heterocycles. The Morgan fingerprint density at radius 2 is 2.00 bits per heavy atom. The Balaban J connectivity index is 1.89. The number of hydrogen-bond acceptors (Lipinski definition) is 4. The number of ether oxygens (including phenoxy) is 1. The maximum atomic E-state index is 11.7. The van der Waals surface area contributed by atoms with Crippen molar-refractivity contribution < 1.29 is 24.3 Å². The lowest BCUT2D eigenvalue weighted by molar-refractivity contribution is -0.181. The van der Waals surface area contributed by atoms with Gasteiger partial charge < -0.3 is 9.84 Å². The van der Waals surface area contributed by atoms with Crippen molar-refractivity contribution in [1.82, 2.24) is 5.06 Å². The minimum Gasteiger partial charge on any atom is -0.479 e. The van der Waals surface area contributed by atoms with Crippen molar-refractivity contribution >= 4 is 11.9 Å². The Morgan fingerprint density at radius 1 is 1.27 bits per heavy atom. The van der Waals surface area contributed by atoms with Crippen LogP contribution in [0.3, 0.4) is 0 Å².